The van der Waals surface area contributed by atoms with Crippen LogP contribution in [0.15, 0.2) is 22.7 Å². The van der Waals surface area contributed by atoms with Crippen LogP contribution < -0.4 is 10.6 Å². The average Bonchev–Trinajstić information content (AvgIpc) is 2.22. The predicted molar refractivity (Wildman–Crippen MR) is 75.5 cm³/mol. The van der Waals surface area contributed by atoms with Gasteiger partial charge in [0.15, 0.2) is 0 Å². The summed E-state index contributed by atoms with van der Waals surface area (Å²) in [6.07, 6.45) is 0.447. The number of rotatable bonds is 5. The van der Waals surface area contributed by atoms with Gasteiger partial charge in [0.2, 0.25) is 5.91 Å². The van der Waals surface area contributed by atoms with E-state index in [0.717, 1.165) is 16.7 Å². The van der Waals surface area contributed by atoms with Crippen molar-refractivity contribution in [3.8, 4) is 0 Å². The Morgan fingerprint density at radius 1 is 1.53 bits per heavy atom. The first-order valence-electron chi connectivity index (χ1n) is 5.51. The van der Waals surface area contributed by atoms with Gasteiger partial charge in [0.1, 0.15) is 0 Å². The van der Waals surface area contributed by atoms with Crippen molar-refractivity contribution in [3.63, 3.8) is 0 Å². The standard InChI is InChI=1S/C12H16BrClN2O/c1-3-15-8(2)6-12(17)16-11-5-4-9(14)7-10(11)13/h4-5,7-8,15H,3,6H2,1-2H3,(H,16,17). The van der Waals surface area contributed by atoms with E-state index < -0.39 is 0 Å². The van der Waals surface area contributed by atoms with Gasteiger partial charge in [-0.25, -0.2) is 0 Å². The van der Waals surface area contributed by atoms with Gasteiger partial charge in [-0.3, -0.25) is 4.79 Å². The lowest BCUT2D eigenvalue weighted by atomic mass is 10.2. The maximum atomic E-state index is 11.7. The molecule has 0 heterocycles. The molecule has 17 heavy (non-hydrogen) atoms. The third-order valence-corrected chi connectivity index (χ3v) is 3.14. The summed E-state index contributed by atoms with van der Waals surface area (Å²) >= 11 is 9.18. The summed E-state index contributed by atoms with van der Waals surface area (Å²) in [5.74, 6) is -0.0125. The molecule has 94 valence electrons. The topological polar surface area (TPSA) is 41.1 Å². The highest BCUT2D eigenvalue weighted by Gasteiger charge is 2.09. The first kappa shape index (κ1) is 14.5. The minimum absolute atomic E-state index is 0.0125. The number of hydrogen-bond acceptors (Lipinski definition) is 2. The lowest BCUT2D eigenvalue weighted by molar-refractivity contribution is -0.116. The summed E-state index contributed by atoms with van der Waals surface area (Å²) in [4.78, 5) is 11.7. The van der Waals surface area contributed by atoms with Crippen molar-refractivity contribution >= 4 is 39.1 Å². The van der Waals surface area contributed by atoms with E-state index in [4.69, 9.17) is 11.6 Å². The summed E-state index contributed by atoms with van der Waals surface area (Å²) in [6, 6.07) is 5.45. The van der Waals surface area contributed by atoms with Gasteiger partial charge in [-0.1, -0.05) is 18.5 Å². The van der Waals surface area contributed by atoms with E-state index >= 15 is 0 Å². The van der Waals surface area contributed by atoms with E-state index in [0.29, 0.717) is 11.4 Å². The lowest BCUT2D eigenvalue weighted by Crippen LogP contribution is -2.30. The summed E-state index contributed by atoms with van der Waals surface area (Å²) in [5, 5.41) is 6.67. The molecule has 0 aliphatic carbocycles. The summed E-state index contributed by atoms with van der Waals surface area (Å²) in [7, 11) is 0. The van der Waals surface area contributed by atoms with Crippen LogP contribution in [0.3, 0.4) is 0 Å². The van der Waals surface area contributed by atoms with Gasteiger partial charge in [0.25, 0.3) is 0 Å². The molecular weight excluding hydrogens is 304 g/mol. The molecule has 1 rings (SSSR count). The average molecular weight is 320 g/mol. The molecule has 3 nitrogen and oxygen atoms in total. The van der Waals surface area contributed by atoms with Gasteiger partial charge in [-0.15, -0.1) is 0 Å². The number of hydrogen-bond donors (Lipinski definition) is 2. The first-order valence-corrected chi connectivity index (χ1v) is 6.68. The van der Waals surface area contributed by atoms with Crippen LogP contribution in [0.5, 0.6) is 0 Å². The SMILES string of the molecule is CCNC(C)CC(=O)Nc1ccc(Cl)cc1Br. The molecule has 0 spiro atoms. The molecule has 1 atom stereocenters. The Bertz CT molecular complexity index is 398. The van der Waals surface area contributed by atoms with Crippen LogP contribution in [-0.4, -0.2) is 18.5 Å². The smallest absolute Gasteiger partial charge is 0.225 e. The number of anilines is 1. The van der Waals surface area contributed by atoms with E-state index in [1.165, 1.54) is 0 Å². The molecule has 1 aromatic rings. The molecule has 5 heteroatoms. The number of benzene rings is 1. The second-order valence-corrected chi connectivity index (χ2v) is 5.13. The Balaban J connectivity index is 2.56. The summed E-state index contributed by atoms with van der Waals surface area (Å²) < 4.78 is 0.787. The predicted octanol–water partition coefficient (Wildman–Crippen LogP) is 3.43. The van der Waals surface area contributed by atoms with Gasteiger partial charge in [-0.05, 0) is 47.6 Å². The van der Waals surface area contributed by atoms with Crippen LogP contribution in [0.4, 0.5) is 5.69 Å². The number of halogens is 2. The minimum atomic E-state index is -0.0125. The van der Waals surface area contributed by atoms with Gasteiger partial charge in [0, 0.05) is 22.0 Å². The fourth-order valence-electron chi connectivity index (χ4n) is 1.49. The zero-order chi connectivity index (χ0) is 12.8. The molecule has 0 saturated carbocycles. The van der Waals surface area contributed by atoms with Gasteiger partial charge in [0.05, 0.1) is 5.69 Å². The van der Waals surface area contributed by atoms with Crippen LogP contribution in [0.1, 0.15) is 20.3 Å². The molecule has 0 bridgehead atoms. The van der Waals surface area contributed by atoms with E-state index in [1.807, 2.05) is 13.8 Å². The van der Waals surface area contributed by atoms with Crippen molar-refractivity contribution in [2.24, 2.45) is 0 Å². The quantitative estimate of drug-likeness (QED) is 0.873. The normalized spacial score (nSPS) is 12.2. The van der Waals surface area contributed by atoms with Crippen LogP contribution in [0.2, 0.25) is 5.02 Å². The van der Waals surface area contributed by atoms with Crippen molar-refractivity contribution in [3.05, 3.63) is 27.7 Å². The zero-order valence-corrected chi connectivity index (χ0v) is 12.2. The van der Waals surface area contributed by atoms with E-state index in [9.17, 15) is 4.79 Å². The van der Waals surface area contributed by atoms with Crippen molar-refractivity contribution in [2.75, 3.05) is 11.9 Å². The van der Waals surface area contributed by atoms with Crippen molar-refractivity contribution in [1.29, 1.82) is 0 Å². The number of amides is 1. The number of carbonyl (C=O) groups is 1. The molecule has 0 fully saturated rings. The Hall–Kier alpha value is -0.580. The molecule has 0 aromatic heterocycles. The van der Waals surface area contributed by atoms with Crippen LogP contribution >= 0.6 is 27.5 Å². The maximum Gasteiger partial charge on any atom is 0.225 e. The molecule has 0 saturated heterocycles. The number of carbonyl (C=O) groups excluding carboxylic acids is 1. The van der Waals surface area contributed by atoms with Crippen LogP contribution in [-0.2, 0) is 4.79 Å². The Morgan fingerprint density at radius 3 is 2.82 bits per heavy atom. The highest BCUT2D eigenvalue weighted by atomic mass is 79.9. The monoisotopic (exact) mass is 318 g/mol. The third kappa shape index (κ3) is 5.06. The fraction of sp³-hybridized carbons (Fsp3) is 0.417. The molecular formula is C12H16BrClN2O. The molecule has 1 amide bonds. The number of nitrogens with one attached hydrogen (secondary N) is 2. The Kier molecular flexibility index (Phi) is 5.95. The maximum absolute atomic E-state index is 11.7. The largest absolute Gasteiger partial charge is 0.325 e. The van der Waals surface area contributed by atoms with Crippen LogP contribution in [0.25, 0.3) is 0 Å². The Labute approximate surface area is 115 Å². The van der Waals surface area contributed by atoms with E-state index in [2.05, 4.69) is 26.6 Å². The Morgan fingerprint density at radius 2 is 2.24 bits per heavy atom. The lowest BCUT2D eigenvalue weighted by Gasteiger charge is -2.13. The highest BCUT2D eigenvalue weighted by molar-refractivity contribution is 9.10. The summed E-state index contributed by atoms with van der Waals surface area (Å²) in [5.41, 5.74) is 0.739. The van der Waals surface area contributed by atoms with Crippen molar-refractivity contribution in [2.45, 2.75) is 26.3 Å². The molecule has 0 aliphatic rings. The van der Waals surface area contributed by atoms with E-state index in [1.54, 1.807) is 18.2 Å². The van der Waals surface area contributed by atoms with Crippen LogP contribution in [0, 0.1) is 0 Å². The van der Waals surface area contributed by atoms with Gasteiger partial charge in [-0.2, -0.15) is 0 Å². The third-order valence-electron chi connectivity index (χ3n) is 2.25. The van der Waals surface area contributed by atoms with Crippen molar-refractivity contribution in [1.82, 2.24) is 5.32 Å². The highest BCUT2D eigenvalue weighted by Crippen LogP contribution is 2.25. The van der Waals surface area contributed by atoms with Crippen molar-refractivity contribution < 1.29 is 4.79 Å². The molecule has 1 aromatic carbocycles. The minimum Gasteiger partial charge on any atom is -0.325 e. The molecule has 2 N–H and O–H groups in total. The van der Waals surface area contributed by atoms with Gasteiger partial charge < -0.3 is 10.6 Å². The fourth-order valence-corrected chi connectivity index (χ4v) is 2.27. The summed E-state index contributed by atoms with van der Waals surface area (Å²) in [6.45, 7) is 4.86. The first-order chi connectivity index (χ1) is 8.02. The second-order valence-electron chi connectivity index (χ2n) is 3.84. The van der Waals surface area contributed by atoms with Gasteiger partial charge >= 0.3 is 0 Å². The zero-order valence-electron chi connectivity index (χ0n) is 9.89. The molecule has 0 aliphatic heterocycles. The molecule has 1 unspecified atom stereocenters. The van der Waals surface area contributed by atoms with E-state index in [-0.39, 0.29) is 11.9 Å². The second kappa shape index (κ2) is 6.99. The molecule has 0 radical (unpaired) electrons.